The molecule has 6 N–H and O–H groups in total. The van der Waals surface area contributed by atoms with Crippen LogP contribution in [-0.4, -0.2) is 116 Å². The summed E-state index contributed by atoms with van der Waals surface area (Å²) in [6, 6.07) is 7.76. The van der Waals surface area contributed by atoms with Crippen LogP contribution in [0.4, 0.5) is 11.6 Å². The number of likely N-dealkylation sites (N-methyl/N-ethyl adjacent to an activating group) is 1. The van der Waals surface area contributed by atoms with Crippen molar-refractivity contribution in [2.24, 2.45) is 5.73 Å². The number of nitrogens with zero attached hydrogens (tertiary/aromatic N) is 5. The van der Waals surface area contributed by atoms with Crippen molar-refractivity contribution in [3.63, 3.8) is 0 Å². The van der Waals surface area contributed by atoms with Gasteiger partial charge in [-0.25, -0.2) is 36.8 Å². The number of methoxy groups -OCH3 is 2. The minimum Gasteiger partial charge on any atom is -0.478 e. The molecule has 55 heavy (non-hydrogen) atoms. The fourth-order valence-electron chi connectivity index (χ4n) is 3.84. The molecule has 0 aliphatic carbocycles. The minimum atomic E-state index is -4.08. The standard InChI is InChI=1S/C16H19Cl2N5O4S2.C14H15Cl2N3O5S2/c1-23(2)16(24)10(19)8-28-12-7-20-14(15(21-12)27-3)22-29(25,26)11-6-4-5-9(17)13(11)18;1-24-14-13(17-5-11(18-14)25-7-8(21)6-20)19-26(22,23)10-4-2-3-9(15)12(10)16/h4-7,10H,8,19H2,1-3H3,(H,20,22);2-5,8,20-21H,6-7H2,1H3,(H,17,19)/t10-;/m0./s1. The highest BCUT2D eigenvalue weighted by Crippen LogP contribution is 2.33. The molecule has 1 amide bonds. The second kappa shape index (κ2) is 20.9. The lowest BCUT2D eigenvalue weighted by Gasteiger charge is -2.16. The first kappa shape index (κ1) is 46.3. The number of carbonyl (C=O) groups is 1. The number of ether oxygens (including phenoxy) is 2. The quantitative estimate of drug-likeness (QED) is 0.0991. The monoisotopic (exact) mass is 918 g/mol. The third kappa shape index (κ3) is 13.0. The normalized spacial score (nSPS) is 12.5. The molecular weight excluding hydrogens is 886 g/mol. The second-order valence-electron chi connectivity index (χ2n) is 10.7. The molecule has 4 rings (SSSR count). The summed E-state index contributed by atoms with van der Waals surface area (Å²) in [5.41, 5.74) is 5.83. The largest absolute Gasteiger partial charge is 0.478 e. The fraction of sp³-hybridized carbons (Fsp3) is 0.300. The molecule has 0 bridgehead atoms. The molecule has 2 aromatic carbocycles. The molecule has 25 heteroatoms. The lowest BCUT2D eigenvalue weighted by Crippen LogP contribution is -2.41. The van der Waals surface area contributed by atoms with Crippen LogP contribution in [-0.2, 0) is 24.8 Å². The highest BCUT2D eigenvalue weighted by atomic mass is 35.5. The second-order valence-corrected chi connectivity index (χ2v) is 17.7. The van der Waals surface area contributed by atoms with Gasteiger partial charge >= 0.3 is 0 Å². The van der Waals surface area contributed by atoms with Crippen molar-refractivity contribution in [2.45, 2.75) is 32.0 Å². The number of rotatable bonds is 16. The predicted molar refractivity (Wildman–Crippen MR) is 213 cm³/mol. The summed E-state index contributed by atoms with van der Waals surface area (Å²) in [5.74, 6) is -0.132. The van der Waals surface area contributed by atoms with Crippen LogP contribution in [0.15, 0.2) is 68.6 Å². The zero-order valence-electron chi connectivity index (χ0n) is 29.1. The summed E-state index contributed by atoms with van der Waals surface area (Å²) < 4.78 is 65.1. The van der Waals surface area contributed by atoms with Crippen molar-refractivity contribution in [3.8, 4) is 11.8 Å². The van der Waals surface area contributed by atoms with Gasteiger partial charge in [-0.1, -0.05) is 58.5 Å². The van der Waals surface area contributed by atoms with Gasteiger partial charge in [0.05, 0.1) is 65.5 Å². The van der Waals surface area contributed by atoms with Crippen LogP contribution in [0.2, 0.25) is 20.1 Å². The average Bonchev–Trinajstić information content (AvgIpc) is 3.15. The number of sulfonamides is 2. The molecule has 0 spiro atoms. The van der Waals surface area contributed by atoms with Gasteiger partial charge in [0.1, 0.15) is 19.8 Å². The Morgan fingerprint density at radius 3 is 1.62 bits per heavy atom. The summed E-state index contributed by atoms with van der Waals surface area (Å²) in [6.45, 7) is -0.379. The molecule has 0 saturated heterocycles. The molecule has 0 saturated carbocycles. The number of carbonyl (C=O) groups excluding carboxylic acids is 1. The number of aliphatic hydroxyl groups is 2. The summed E-state index contributed by atoms with van der Waals surface area (Å²) in [5, 5.41) is 18.9. The van der Waals surface area contributed by atoms with Gasteiger partial charge in [-0.3, -0.25) is 14.2 Å². The first-order valence-electron chi connectivity index (χ1n) is 15.1. The van der Waals surface area contributed by atoms with Gasteiger partial charge in [0.25, 0.3) is 31.8 Å². The first-order valence-corrected chi connectivity index (χ1v) is 21.6. The predicted octanol–water partition coefficient (Wildman–Crippen LogP) is 4.14. The molecule has 0 aliphatic heterocycles. The van der Waals surface area contributed by atoms with E-state index in [2.05, 4.69) is 29.4 Å². The summed E-state index contributed by atoms with van der Waals surface area (Å²) in [4.78, 5) is 29.2. The molecule has 300 valence electrons. The Balaban J connectivity index is 0.000000297. The number of thioether (sulfide) groups is 2. The van der Waals surface area contributed by atoms with E-state index in [0.717, 1.165) is 11.8 Å². The van der Waals surface area contributed by atoms with Crippen LogP contribution in [0, 0.1) is 0 Å². The molecule has 2 aromatic heterocycles. The Labute approximate surface area is 345 Å². The van der Waals surface area contributed by atoms with Crippen molar-refractivity contribution < 1.29 is 41.3 Å². The van der Waals surface area contributed by atoms with Gasteiger partial charge in [-0.2, -0.15) is 0 Å². The maximum absolute atomic E-state index is 12.6. The number of hydrogen-bond acceptors (Lipinski definition) is 16. The zero-order valence-corrected chi connectivity index (χ0v) is 35.4. The Morgan fingerprint density at radius 2 is 1.24 bits per heavy atom. The Hall–Kier alpha value is -3.09. The van der Waals surface area contributed by atoms with Gasteiger partial charge < -0.3 is 30.3 Å². The SMILES string of the molecule is COc1nc(SCC(O)CO)cnc1NS(=O)(=O)c1cccc(Cl)c1Cl.COc1nc(SC[C@H](N)C(=O)N(C)C)cnc1NS(=O)(=O)c1cccc(Cl)c1Cl. The highest BCUT2D eigenvalue weighted by Gasteiger charge is 2.25. The number of nitrogens with two attached hydrogens (primary N) is 1. The van der Waals surface area contributed by atoms with Gasteiger partial charge in [0.2, 0.25) is 17.5 Å². The maximum Gasteiger partial charge on any atom is 0.264 e. The number of aliphatic hydroxyl groups excluding tert-OH is 2. The Morgan fingerprint density at radius 1 is 0.818 bits per heavy atom. The van der Waals surface area contributed by atoms with E-state index in [4.69, 9.17) is 66.7 Å². The van der Waals surface area contributed by atoms with Crippen molar-refractivity contribution >= 4 is 108 Å². The van der Waals surface area contributed by atoms with Gasteiger partial charge in [-0.05, 0) is 24.3 Å². The number of anilines is 2. The van der Waals surface area contributed by atoms with E-state index in [1.54, 1.807) is 14.1 Å². The number of aromatic nitrogens is 4. The maximum atomic E-state index is 12.6. The topological polar surface area (TPSA) is 249 Å². The summed E-state index contributed by atoms with van der Waals surface area (Å²) >= 11 is 26.0. The van der Waals surface area contributed by atoms with Gasteiger partial charge in [-0.15, -0.1) is 23.5 Å². The Kier molecular flexibility index (Phi) is 17.6. The van der Waals surface area contributed by atoms with E-state index in [1.807, 2.05) is 0 Å². The van der Waals surface area contributed by atoms with E-state index in [0.29, 0.717) is 10.1 Å². The van der Waals surface area contributed by atoms with Crippen molar-refractivity contribution in [1.29, 1.82) is 0 Å². The number of hydrogen-bond donors (Lipinski definition) is 5. The molecule has 0 radical (unpaired) electrons. The number of benzene rings is 2. The number of halogens is 4. The van der Waals surface area contributed by atoms with E-state index < -0.39 is 32.2 Å². The van der Waals surface area contributed by atoms with E-state index in [1.165, 1.54) is 79.7 Å². The fourth-order valence-corrected chi connectivity index (χ4v) is 8.89. The first-order chi connectivity index (χ1) is 25.8. The van der Waals surface area contributed by atoms with Crippen LogP contribution in [0.3, 0.4) is 0 Å². The molecule has 2 heterocycles. The third-order valence-corrected chi connectivity index (χ3v) is 13.2. The van der Waals surface area contributed by atoms with Crippen LogP contribution in [0.25, 0.3) is 0 Å². The molecule has 0 aliphatic rings. The number of amides is 1. The summed E-state index contributed by atoms with van der Waals surface area (Å²) in [6.07, 6.45) is 1.75. The zero-order chi connectivity index (χ0) is 41.1. The van der Waals surface area contributed by atoms with E-state index in [9.17, 15) is 26.7 Å². The van der Waals surface area contributed by atoms with Crippen molar-refractivity contribution in [1.82, 2.24) is 24.8 Å². The minimum absolute atomic E-state index is 0.0516. The van der Waals surface area contributed by atoms with Crippen molar-refractivity contribution in [2.75, 3.05) is 55.9 Å². The molecular formula is C30H34Cl4N8O9S4. The molecule has 1 unspecified atom stereocenters. The lowest BCUT2D eigenvalue weighted by molar-refractivity contribution is -0.129. The van der Waals surface area contributed by atoms with Crippen LogP contribution in [0.1, 0.15) is 0 Å². The van der Waals surface area contributed by atoms with Gasteiger partial charge in [0, 0.05) is 25.6 Å². The number of nitrogens with one attached hydrogen (secondary N) is 2. The smallest absolute Gasteiger partial charge is 0.264 e. The average molecular weight is 921 g/mol. The molecule has 0 fully saturated rings. The molecule has 2 atom stereocenters. The molecule has 4 aromatic rings. The highest BCUT2D eigenvalue weighted by molar-refractivity contribution is 7.99. The van der Waals surface area contributed by atoms with E-state index >= 15 is 0 Å². The molecule has 17 nitrogen and oxygen atoms in total. The third-order valence-electron chi connectivity index (χ3n) is 6.50. The van der Waals surface area contributed by atoms with Gasteiger partial charge in [0.15, 0.2) is 0 Å². The Bertz CT molecular complexity index is 2190. The lowest BCUT2D eigenvalue weighted by atomic mass is 10.3. The van der Waals surface area contributed by atoms with E-state index in [-0.39, 0.29) is 77.3 Å². The van der Waals surface area contributed by atoms with Crippen molar-refractivity contribution in [3.05, 3.63) is 68.9 Å². The van der Waals surface area contributed by atoms with Crippen LogP contribution >= 0.6 is 69.9 Å². The van der Waals surface area contributed by atoms with Crippen LogP contribution < -0.4 is 24.7 Å². The summed E-state index contributed by atoms with van der Waals surface area (Å²) in [7, 11) is -2.29. The van der Waals surface area contributed by atoms with Crippen LogP contribution in [0.5, 0.6) is 11.8 Å².